The van der Waals surface area contributed by atoms with Crippen LogP contribution < -0.4 is 10.1 Å². The summed E-state index contributed by atoms with van der Waals surface area (Å²) in [7, 11) is 1.90. The molecule has 1 aromatic rings. The molecule has 1 saturated heterocycles. The summed E-state index contributed by atoms with van der Waals surface area (Å²) in [6.45, 7) is 3.15. The molecule has 2 fully saturated rings. The third kappa shape index (κ3) is 2.91. The van der Waals surface area contributed by atoms with Crippen LogP contribution in [-0.2, 0) is 6.42 Å². The van der Waals surface area contributed by atoms with Crippen molar-refractivity contribution in [1.82, 2.24) is 10.2 Å². The van der Waals surface area contributed by atoms with Crippen molar-refractivity contribution < 1.29 is 4.74 Å². The maximum absolute atomic E-state index is 6.02. The molecule has 4 nitrogen and oxygen atoms in total. The summed E-state index contributed by atoms with van der Waals surface area (Å²) >= 11 is 0. The van der Waals surface area contributed by atoms with Gasteiger partial charge in [0.2, 0.25) is 0 Å². The zero-order valence-electron chi connectivity index (χ0n) is 14.1. The predicted molar refractivity (Wildman–Crippen MR) is 93.0 cm³/mol. The van der Waals surface area contributed by atoms with Crippen LogP contribution in [0.4, 0.5) is 0 Å². The van der Waals surface area contributed by atoms with Crippen molar-refractivity contribution in [2.24, 2.45) is 10.4 Å². The number of nitrogens with one attached hydrogen (secondary N) is 1. The highest BCUT2D eigenvalue weighted by Gasteiger charge is 2.41. The van der Waals surface area contributed by atoms with Crippen molar-refractivity contribution >= 4 is 5.96 Å². The Balaban J connectivity index is 1.32. The minimum absolute atomic E-state index is 0.215. The first-order valence-electron chi connectivity index (χ1n) is 8.98. The lowest BCUT2D eigenvalue weighted by Crippen LogP contribution is -2.44. The SMILES string of the molecule is CN=C(NCC1Cc2ccccc2O1)N1CCC2(CCCC2)C1. The second kappa shape index (κ2) is 6.06. The van der Waals surface area contributed by atoms with Crippen molar-refractivity contribution in [2.75, 3.05) is 26.7 Å². The Morgan fingerprint density at radius 1 is 1.30 bits per heavy atom. The highest BCUT2D eigenvalue weighted by Crippen LogP contribution is 2.45. The number of benzene rings is 1. The molecule has 0 radical (unpaired) electrons. The molecule has 1 aromatic carbocycles. The van der Waals surface area contributed by atoms with Crippen LogP contribution in [0.3, 0.4) is 0 Å². The summed E-state index contributed by atoms with van der Waals surface area (Å²) in [5.74, 6) is 2.09. The molecule has 124 valence electrons. The van der Waals surface area contributed by atoms with E-state index in [4.69, 9.17) is 4.74 Å². The van der Waals surface area contributed by atoms with E-state index in [0.717, 1.165) is 31.2 Å². The second-order valence-electron chi connectivity index (χ2n) is 7.36. The molecule has 4 rings (SSSR count). The van der Waals surface area contributed by atoms with Gasteiger partial charge in [-0.25, -0.2) is 0 Å². The normalized spacial score (nSPS) is 25.7. The molecule has 2 aliphatic heterocycles. The minimum Gasteiger partial charge on any atom is -0.488 e. The molecule has 1 saturated carbocycles. The zero-order chi connectivity index (χ0) is 15.7. The first-order valence-corrected chi connectivity index (χ1v) is 8.98. The molecule has 1 spiro atoms. The molecule has 1 atom stereocenters. The van der Waals surface area contributed by atoms with Crippen LogP contribution in [0.5, 0.6) is 5.75 Å². The Kier molecular flexibility index (Phi) is 3.92. The Labute approximate surface area is 138 Å². The first kappa shape index (κ1) is 14.9. The van der Waals surface area contributed by atoms with Crippen molar-refractivity contribution in [1.29, 1.82) is 0 Å². The largest absolute Gasteiger partial charge is 0.488 e. The minimum atomic E-state index is 0.215. The van der Waals surface area contributed by atoms with E-state index in [2.05, 4.69) is 33.4 Å². The van der Waals surface area contributed by atoms with Crippen molar-refractivity contribution in [3.05, 3.63) is 29.8 Å². The number of fused-ring (bicyclic) bond motifs is 1. The maximum atomic E-state index is 6.02. The number of ether oxygens (including phenoxy) is 1. The number of hydrogen-bond donors (Lipinski definition) is 1. The summed E-state index contributed by atoms with van der Waals surface area (Å²) in [6, 6.07) is 8.35. The van der Waals surface area contributed by atoms with Gasteiger partial charge in [-0.05, 0) is 36.3 Å². The Morgan fingerprint density at radius 3 is 2.91 bits per heavy atom. The number of guanidine groups is 1. The number of nitrogens with zero attached hydrogens (tertiary/aromatic N) is 2. The van der Waals surface area contributed by atoms with Gasteiger partial charge < -0.3 is 15.0 Å². The van der Waals surface area contributed by atoms with E-state index in [-0.39, 0.29) is 6.10 Å². The summed E-state index contributed by atoms with van der Waals surface area (Å²) < 4.78 is 6.02. The van der Waals surface area contributed by atoms with E-state index in [0.29, 0.717) is 5.41 Å². The molecule has 0 aromatic heterocycles. The zero-order valence-corrected chi connectivity index (χ0v) is 14.1. The fourth-order valence-electron chi connectivity index (χ4n) is 4.55. The third-order valence-electron chi connectivity index (χ3n) is 5.82. The van der Waals surface area contributed by atoms with Gasteiger partial charge in [0.05, 0.1) is 6.54 Å². The van der Waals surface area contributed by atoms with Gasteiger partial charge in [-0.1, -0.05) is 31.0 Å². The quantitative estimate of drug-likeness (QED) is 0.674. The van der Waals surface area contributed by atoms with Crippen molar-refractivity contribution in [2.45, 2.75) is 44.6 Å². The Hall–Kier alpha value is -1.71. The molecule has 1 N–H and O–H groups in total. The summed E-state index contributed by atoms with van der Waals surface area (Å²) in [5.41, 5.74) is 1.90. The average molecular weight is 313 g/mol. The first-order chi connectivity index (χ1) is 11.3. The summed E-state index contributed by atoms with van der Waals surface area (Å²) in [5, 5.41) is 3.55. The number of likely N-dealkylation sites (tertiary alicyclic amines) is 1. The van der Waals surface area contributed by atoms with Crippen LogP contribution in [0.25, 0.3) is 0 Å². The topological polar surface area (TPSA) is 36.9 Å². The van der Waals surface area contributed by atoms with Gasteiger partial charge in [-0.2, -0.15) is 0 Å². The molecule has 0 bridgehead atoms. The third-order valence-corrected chi connectivity index (χ3v) is 5.82. The van der Waals surface area contributed by atoms with Gasteiger partial charge in [0, 0.05) is 26.6 Å². The monoisotopic (exact) mass is 313 g/mol. The predicted octanol–water partition coefficient (Wildman–Crippen LogP) is 2.83. The van der Waals surface area contributed by atoms with E-state index in [1.54, 1.807) is 0 Å². The standard InChI is InChI=1S/C19H27N3O/c1-20-18(22-11-10-19(14-22)8-4-5-9-19)21-13-16-12-15-6-2-3-7-17(15)23-16/h2-3,6-7,16H,4-5,8-14H2,1H3,(H,20,21). The van der Waals surface area contributed by atoms with Gasteiger partial charge in [0.15, 0.2) is 5.96 Å². The van der Waals surface area contributed by atoms with Gasteiger partial charge in [0.25, 0.3) is 0 Å². The lowest BCUT2D eigenvalue weighted by atomic mass is 9.86. The lowest BCUT2D eigenvalue weighted by molar-refractivity contribution is 0.232. The second-order valence-corrected chi connectivity index (χ2v) is 7.36. The number of rotatable bonds is 2. The average Bonchev–Trinajstić information content (AvgIpc) is 3.29. The smallest absolute Gasteiger partial charge is 0.193 e. The van der Waals surface area contributed by atoms with Gasteiger partial charge in [-0.15, -0.1) is 0 Å². The van der Waals surface area contributed by atoms with Crippen LogP contribution >= 0.6 is 0 Å². The summed E-state index contributed by atoms with van der Waals surface area (Å²) in [4.78, 5) is 6.96. The van der Waals surface area contributed by atoms with E-state index < -0.39 is 0 Å². The highest BCUT2D eigenvalue weighted by molar-refractivity contribution is 5.80. The molecular weight excluding hydrogens is 286 g/mol. The van der Waals surface area contributed by atoms with Gasteiger partial charge in [-0.3, -0.25) is 4.99 Å². The fraction of sp³-hybridized carbons (Fsp3) is 0.632. The highest BCUT2D eigenvalue weighted by atomic mass is 16.5. The van der Waals surface area contributed by atoms with Crippen LogP contribution in [0, 0.1) is 5.41 Å². The van der Waals surface area contributed by atoms with E-state index in [9.17, 15) is 0 Å². The summed E-state index contributed by atoms with van der Waals surface area (Å²) in [6.07, 6.45) is 8.17. The molecule has 2 heterocycles. The molecule has 4 heteroatoms. The van der Waals surface area contributed by atoms with Crippen LogP contribution in [0.15, 0.2) is 29.3 Å². The van der Waals surface area contributed by atoms with Gasteiger partial charge >= 0.3 is 0 Å². The molecule has 3 aliphatic rings. The van der Waals surface area contributed by atoms with E-state index in [1.165, 1.54) is 44.2 Å². The molecule has 23 heavy (non-hydrogen) atoms. The molecule has 1 aliphatic carbocycles. The number of hydrogen-bond acceptors (Lipinski definition) is 2. The van der Waals surface area contributed by atoms with Crippen LogP contribution in [0.1, 0.15) is 37.7 Å². The molecular formula is C19H27N3O. The Bertz CT molecular complexity index is 567. The van der Waals surface area contributed by atoms with Crippen molar-refractivity contribution in [3.63, 3.8) is 0 Å². The van der Waals surface area contributed by atoms with E-state index >= 15 is 0 Å². The van der Waals surface area contributed by atoms with Gasteiger partial charge in [0.1, 0.15) is 11.9 Å². The Morgan fingerprint density at radius 2 is 2.13 bits per heavy atom. The van der Waals surface area contributed by atoms with E-state index in [1.807, 2.05) is 13.1 Å². The molecule has 1 unspecified atom stereocenters. The van der Waals surface area contributed by atoms with Crippen molar-refractivity contribution in [3.8, 4) is 5.75 Å². The van der Waals surface area contributed by atoms with Crippen LogP contribution in [-0.4, -0.2) is 43.6 Å². The molecule has 0 amide bonds. The number of para-hydroxylation sites is 1. The fourth-order valence-corrected chi connectivity index (χ4v) is 4.55. The van der Waals surface area contributed by atoms with Crippen LogP contribution in [0.2, 0.25) is 0 Å². The number of aliphatic imine (C=N–C) groups is 1. The maximum Gasteiger partial charge on any atom is 0.193 e. The lowest BCUT2D eigenvalue weighted by Gasteiger charge is -2.26.